The number of benzene rings is 1. The number of hydrogen-bond donors (Lipinski definition) is 1. The second-order valence-corrected chi connectivity index (χ2v) is 6.97. The Labute approximate surface area is 172 Å². The van der Waals surface area contributed by atoms with Crippen LogP contribution < -0.4 is 10.1 Å². The zero-order valence-electron chi connectivity index (χ0n) is 15.5. The zero-order valence-corrected chi connectivity index (χ0v) is 16.3. The van der Waals surface area contributed by atoms with E-state index in [1.54, 1.807) is 22.3 Å². The number of anilines is 1. The molecule has 7 nitrogen and oxygen atoms in total. The highest BCUT2D eigenvalue weighted by Gasteiger charge is 2.31. The smallest absolute Gasteiger partial charge is 0.406 e. The Hall–Kier alpha value is -3.47. The number of carbonyl (C=O) groups excluding carboxylic acids is 2. The SMILES string of the molecule is CC(=O)c1csc(Cn2ccc(NC(=O)/C=C\c3cccc(OC(F)(F)F)c3)n2)n1. The van der Waals surface area contributed by atoms with Crippen molar-refractivity contribution in [3.63, 3.8) is 0 Å². The molecule has 3 rings (SSSR count). The number of halogens is 3. The molecule has 1 aromatic carbocycles. The number of amides is 1. The predicted octanol–water partition coefficient (Wildman–Crippen LogP) is 4.14. The minimum Gasteiger partial charge on any atom is -0.406 e. The lowest BCUT2D eigenvalue weighted by atomic mass is 10.2. The first kappa shape index (κ1) is 21.2. The fourth-order valence-electron chi connectivity index (χ4n) is 2.36. The lowest BCUT2D eigenvalue weighted by molar-refractivity contribution is -0.274. The summed E-state index contributed by atoms with van der Waals surface area (Å²) in [5, 5.41) is 9.12. The molecule has 0 radical (unpaired) electrons. The Kier molecular flexibility index (Phi) is 6.31. The maximum absolute atomic E-state index is 12.3. The van der Waals surface area contributed by atoms with E-state index < -0.39 is 12.3 Å². The second kappa shape index (κ2) is 8.91. The van der Waals surface area contributed by atoms with Gasteiger partial charge in [-0.1, -0.05) is 12.1 Å². The van der Waals surface area contributed by atoms with Crippen LogP contribution in [0.15, 0.2) is 48.0 Å². The van der Waals surface area contributed by atoms with Crippen molar-refractivity contribution in [3.05, 3.63) is 64.2 Å². The first-order valence-electron chi connectivity index (χ1n) is 8.51. The van der Waals surface area contributed by atoms with Gasteiger partial charge in [-0.2, -0.15) is 5.10 Å². The summed E-state index contributed by atoms with van der Waals surface area (Å²) in [4.78, 5) is 27.5. The summed E-state index contributed by atoms with van der Waals surface area (Å²) in [5.41, 5.74) is 0.757. The number of hydrogen-bond acceptors (Lipinski definition) is 6. The number of rotatable bonds is 7. The Bertz CT molecular complexity index is 1090. The largest absolute Gasteiger partial charge is 0.573 e. The summed E-state index contributed by atoms with van der Waals surface area (Å²) in [7, 11) is 0. The van der Waals surface area contributed by atoms with Gasteiger partial charge in [0, 0.05) is 30.6 Å². The van der Waals surface area contributed by atoms with Crippen molar-refractivity contribution >= 4 is 34.9 Å². The normalized spacial score (nSPS) is 11.6. The van der Waals surface area contributed by atoms with E-state index in [0.29, 0.717) is 28.6 Å². The lowest BCUT2D eigenvalue weighted by Gasteiger charge is -2.08. The molecule has 156 valence electrons. The van der Waals surface area contributed by atoms with E-state index in [1.807, 2.05) is 0 Å². The first-order valence-corrected chi connectivity index (χ1v) is 9.39. The van der Waals surface area contributed by atoms with Crippen LogP contribution in [-0.2, 0) is 11.3 Å². The molecule has 1 N–H and O–H groups in total. The van der Waals surface area contributed by atoms with E-state index in [1.165, 1.54) is 48.6 Å². The molecule has 0 saturated carbocycles. The Balaban J connectivity index is 1.57. The molecule has 2 heterocycles. The molecule has 0 fully saturated rings. The van der Waals surface area contributed by atoms with Crippen molar-refractivity contribution in [3.8, 4) is 5.75 Å². The third kappa shape index (κ3) is 6.27. The predicted molar refractivity (Wildman–Crippen MR) is 104 cm³/mol. The summed E-state index contributed by atoms with van der Waals surface area (Å²) in [6.45, 7) is 1.78. The maximum Gasteiger partial charge on any atom is 0.573 e. The highest BCUT2D eigenvalue weighted by molar-refractivity contribution is 7.09. The maximum atomic E-state index is 12.3. The van der Waals surface area contributed by atoms with E-state index in [4.69, 9.17) is 0 Å². The van der Waals surface area contributed by atoms with Gasteiger partial charge in [0.2, 0.25) is 5.91 Å². The third-order valence-electron chi connectivity index (χ3n) is 3.62. The molecule has 0 bridgehead atoms. The summed E-state index contributed by atoms with van der Waals surface area (Å²) in [6, 6.07) is 6.83. The molecule has 2 aromatic heterocycles. The summed E-state index contributed by atoms with van der Waals surface area (Å²) < 4.78 is 42.2. The van der Waals surface area contributed by atoms with E-state index in [0.717, 1.165) is 6.07 Å². The topological polar surface area (TPSA) is 86.1 Å². The van der Waals surface area contributed by atoms with Crippen LogP contribution in [0.1, 0.15) is 28.0 Å². The molecule has 1 amide bonds. The number of ketones is 1. The van der Waals surface area contributed by atoms with Crippen LogP contribution in [0.2, 0.25) is 0 Å². The second-order valence-electron chi connectivity index (χ2n) is 6.02. The van der Waals surface area contributed by atoms with Crippen LogP contribution in [0.5, 0.6) is 5.75 Å². The average Bonchev–Trinajstić information content (AvgIpc) is 3.29. The summed E-state index contributed by atoms with van der Waals surface area (Å²) in [6.07, 6.45) is -0.614. The Morgan fingerprint density at radius 2 is 2.10 bits per heavy atom. The van der Waals surface area contributed by atoms with Gasteiger partial charge in [0.25, 0.3) is 0 Å². The highest BCUT2D eigenvalue weighted by atomic mass is 32.1. The van der Waals surface area contributed by atoms with Gasteiger partial charge < -0.3 is 10.1 Å². The van der Waals surface area contributed by atoms with Gasteiger partial charge in [-0.25, -0.2) is 4.98 Å². The van der Waals surface area contributed by atoms with Crippen LogP contribution in [-0.4, -0.2) is 32.8 Å². The zero-order chi connectivity index (χ0) is 21.7. The van der Waals surface area contributed by atoms with Crippen molar-refractivity contribution in [1.29, 1.82) is 0 Å². The van der Waals surface area contributed by atoms with Crippen LogP contribution in [0.25, 0.3) is 6.08 Å². The van der Waals surface area contributed by atoms with E-state index >= 15 is 0 Å². The van der Waals surface area contributed by atoms with Crippen LogP contribution >= 0.6 is 11.3 Å². The van der Waals surface area contributed by atoms with Crippen molar-refractivity contribution in [2.24, 2.45) is 0 Å². The van der Waals surface area contributed by atoms with Gasteiger partial charge in [0.15, 0.2) is 11.6 Å². The molecular weight excluding hydrogens is 421 g/mol. The fraction of sp³-hybridized carbons (Fsp3) is 0.158. The number of alkyl halides is 3. The number of ether oxygens (including phenoxy) is 1. The standard InChI is InChI=1S/C19H15F3N4O3S/c1-12(27)15-11-30-18(23-15)10-26-8-7-16(25-26)24-17(28)6-5-13-3-2-4-14(9-13)29-19(20,21)22/h2-9,11H,10H2,1H3,(H,24,25,28)/b6-5-. The van der Waals surface area contributed by atoms with Gasteiger partial charge in [0.05, 0.1) is 6.54 Å². The quantitative estimate of drug-likeness (QED) is 0.444. The molecule has 0 unspecified atom stereocenters. The molecular formula is C19H15F3N4O3S. The molecule has 0 aliphatic rings. The van der Waals surface area contributed by atoms with E-state index in [9.17, 15) is 22.8 Å². The Morgan fingerprint density at radius 3 is 2.80 bits per heavy atom. The third-order valence-corrected chi connectivity index (χ3v) is 4.45. The molecule has 0 atom stereocenters. The van der Waals surface area contributed by atoms with E-state index in [-0.39, 0.29) is 11.5 Å². The minimum atomic E-state index is -4.79. The number of thiazole rings is 1. The van der Waals surface area contributed by atoms with Crippen LogP contribution in [0, 0.1) is 0 Å². The summed E-state index contributed by atoms with van der Waals surface area (Å²) in [5.74, 6) is -0.704. The highest BCUT2D eigenvalue weighted by Crippen LogP contribution is 2.23. The van der Waals surface area contributed by atoms with Gasteiger partial charge >= 0.3 is 6.36 Å². The molecule has 0 aliphatic heterocycles. The number of Topliss-reactive ketones (excluding diaryl/α,β-unsaturated/α-hetero) is 1. The van der Waals surface area contributed by atoms with Crippen LogP contribution in [0.4, 0.5) is 19.0 Å². The molecule has 30 heavy (non-hydrogen) atoms. The fourth-order valence-corrected chi connectivity index (χ4v) is 3.18. The average molecular weight is 436 g/mol. The van der Waals surface area contributed by atoms with Gasteiger partial charge in [0.1, 0.15) is 16.5 Å². The number of nitrogens with zero attached hydrogens (tertiary/aromatic N) is 3. The molecule has 3 aromatic rings. The minimum absolute atomic E-state index is 0.117. The monoisotopic (exact) mass is 436 g/mol. The van der Waals surface area contributed by atoms with Crippen molar-refractivity contribution in [1.82, 2.24) is 14.8 Å². The number of nitrogens with one attached hydrogen (secondary N) is 1. The Morgan fingerprint density at radius 1 is 1.30 bits per heavy atom. The van der Waals surface area contributed by atoms with Gasteiger partial charge in [-0.15, -0.1) is 24.5 Å². The van der Waals surface area contributed by atoms with Crippen molar-refractivity contribution in [2.45, 2.75) is 19.8 Å². The number of carbonyl (C=O) groups is 2. The lowest BCUT2D eigenvalue weighted by Crippen LogP contribution is -2.17. The van der Waals surface area contributed by atoms with E-state index in [2.05, 4.69) is 20.1 Å². The first-order chi connectivity index (χ1) is 14.2. The number of aromatic nitrogens is 3. The molecule has 0 spiro atoms. The summed E-state index contributed by atoms with van der Waals surface area (Å²) >= 11 is 1.33. The molecule has 0 aliphatic carbocycles. The van der Waals surface area contributed by atoms with Gasteiger partial charge in [-0.3, -0.25) is 14.3 Å². The van der Waals surface area contributed by atoms with Crippen molar-refractivity contribution < 1.29 is 27.5 Å². The van der Waals surface area contributed by atoms with Gasteiger partial charge in [-0.05, 0) is 23.8 Å². The molecule has 11 heteroatoms. The van der Waals surface area contributed by atoms with Crippen molar-refractivity contribution in [2.75, 3.05) is 5.32 Å². The van der Waals surface area contributed by atoms with Crippen LogP contribution in [0.3, 0.4) is 0 Å². The molecule has 0 saturated heterocycles.